The number of rotatable bonds is 6. The largest absolute Gasteiger partial charge is 0.481 e. The van der Waals surface area contributed by atoms with Gasteiger partial charge in [-0.1, -0.05) is 32.0 Å². The molecule has 7 heteroatoms. The molecule has 0 saturated carbocycles. The molecule has 2 rings (SSSR count). The molecule has 1 heterocycles. The van der Waals surface area contributed by atoms with Gasteiger partial charge in [-0.3, -0.25) is 4.79 Å². The van der Waals surface area contributed by atoms with Crippen LogP contribution in [-0.2, 0) is 11.3 Å². The third-order valence-electron chi connectivity index (χ3n) is 3.27. The number of nitrogens with zero attached hydrogens (tertiary/aromatic N) is 2. The summed E-state index contributed by atoms with van der Waals surface area (Å²) in [5, 5.41) is 9.45. The van der Waals surface area contributed by atoms with Crippen molar-refractivity contribution in [2.45, 2.75) is 32.0 Å². The van der Waals surface area contributed by atoms with Crippen LogP contribution in [0.3, 0.4) is 0 Å². The van der Waals surface area contributed by atoms with Crippen molar-refractivity contribution in [3.8, 4) is 0 Å². The summed E-state index contributed by atoms with van der Waals surface area (Å²) in [5.74, 6) is -0.900. The van der Waals surface area contributed by atoms with Gasteiger partial charge in [-0.25, -0.2) is 9.37 Å². The van der Waals surface area contributed by atoms with E-state index in [2.05, 4.69) is 34.8 Å². The van der Waals surface area contributed by atoms with E-state index >= 15 is 0 Å². The van der Waals surface area contributed by atoms with Crippen molar-refractivity contribution in [2.24, 2.45) is 5.92 Å². The Kier molecular flexibility index (Phi) is 5.27. The topological polar surface area (TPSA) is 55.1 Å². The average Bonchev–Trinajstić information content (AvgIpc) is 2.74. The number of carbonyl (C=O) groups is 1. The summed E-state index contributed by atoms with van der Waals surface area (Å²) in [6.45, 7) is 4.88. The van der Waals surface area contributed by atoms with E-state index in [1.807, 2.05) is 4.57 Å². The van der Waals surface area contributed by atoms with Crippen molar-refractivity contribution in [3.05, 3.63) is 22.4 Å². The van der Waals surface area contributed by atoms with Crippen LogP contribution in [0.25, 0.3) is 11.0 Å². The van der Waals surface area contributed by atoms with Crippen LogP contribution >= 0.6 is 27.7 Å². The van der Waals surface area contributed by atoms with E-state index in [1.165, 1.54) is 6.07 Å². The number of aliphatic carboxylic acids is 1. The zero-order valence-electron chi connectivity index (χ0n) is 11.8. The molecule has 0 aliphatic rings. The van der Waals surface area contributed by atoms with Crippen LogP contribution in [-0.4, -0.2) is 26.4 Å². The predicted octanol–water partition coefficient (Wildman–Crippen LogP) is 4.16. The van der Waals surface area contributed by atoms with Gasteiger partial charge in [0.15, 0.2) is 5.16 Å². The van der Waals surface area contributed by atoms with E-state index < -0.39 is 5.97 Å². The number of thioether (sulfide) groups is 1. The maximum atomic E-state index is 13.8. The highest BCUT2D eigenvalue weighted by molar-refractivity contribution is 9.10. The van der Waals surface area contributed by atoms with Crippen molar-refractivity contribution in [1.29, 1.82) is 0 Å². The van der Waals surface area contributed by atoms with Gasteiger partial charge >= 0.3 is 5.97 Å². The molecule has 1 atom stereocenters. The number of hydrogen-bond acceptors (Lipinski definition) is 3. The number of fused-ring (bicyclic) bond motifs is 1. The number of halogens is 2. The molecule has 0 fully saturated rings. The molecule has 114 valence electrons. The first kappa shape index (κ1) is 16.3. The van der Waals surface area contributed by atoms with E-state index in [1.54, 1.807) is 6.07 Å². The summed E-state index contributed by atoms with van der Waals surface area (Å²) >= 11 is 4.31. The minimum Gasteiger partial charge on any atom is -0.481 e. The van der Waals surface area contributed by atoms with Crippen LogP contribution in [0.15, 0.2) is 21.8 Å². The van der Waals surface area contributed by atoms with Gasteiger partial charge in [-0.2, -0.15) is 0 Å². The van der Waals surface area contributed by atoms with Crippen molar-refractivity contribution in [2.75, 3.05) is 5.75 Å². The van der Waals surface area contributed by atoms with Gasteiger partial charge in [0.05, 0.1) is 21.3 Å². The molecule has 0 amide bonds. The first-order valence-corrected chi connectivity index (χ1v) is 8.40. The molecular weight excluding hydrogens is 359 g/mol. The normalized spacial score (nSPS) is 12.8. The summed E-state index contributed by atoms with van der Waals surface area (Å²) in [6, 6.07) is 3.07. The molecule has 0 spiro atoms. The molecule has 1 aromatic heterocycles. The Morgan fingerprint density at radius 1 is 1.57 bits per heavy atom. The molecule has 1 unspecified atom stereocenters. The average molecular weight is 375 g/mol. The highest BCUT2D eigenvalue weighted by Crippen LogP contribution is 2.29. The standard InChI is InChI=1S/C14H16BrFN2O2S/c1-3-8(2)6-18-12-5-10(16)9(15)4-11(12)17-14(18)21-7-13(19)20/h4-5,8H,3,6-7H2,1-2H3,(H,19,20). The predicted molar refractivity (Wildman–Crippen MR) is 85.2 cm³/mol. The van der Waals surface area contributed by atoms with Crippen molar-refractivity contribution in [1.82, 2.24) is 9.55 Å². The Morgan fingerprint density at radius 2 is 2.29 bits per heavy atom. The number of benzene rings is 1. The zero-order valence-corrected chi connectivity index (χ0v) is 14.2. The first-order chi connectivity index (χ1) is 9.92. The molecule has 0 aliphatic heterocycles. The van der Waals surface area contributed by atoms with Crippen LogP contribution in [0, 0.1) is 11.7 Å². The minimum atomic E-state index is -0.894. The Hall–Kier alpha value is -1.08. The number of imidazole rings is 1. The molecule has 1 aromatic carbocycles. The Balaban J connectivity index is 2.48. The zero-order chi connectivity index (χ0) is 15.6. The quantitative estimate of drug-likeness (QED) is 0.771. The lowest BCUT2D eigenvalue weighted by atomic mass is 10.1. The van der Waals surface area contributed by atoms with E-state index in [0.29, 0.717) is 33.1 Å². The van der Waals surface area contributed by atoms with E-state index in [4.69, 9.17) is 5.11 Å². The SMILES string of the molecule is CCC(C)Cn1c(SCC(=O)O)nc2cc(Br)c(F)cc21. The molecule has 4 nitrogen and oxygen atoms in total. The Morgan fingerprint density at radius 3 is 2.90 bits per heavy atom. The Bertz CT molecular complexity index is 675. The van der Waals surface area contributed by atoms with Gasteiger partial charge in [0, 0.05) is 12.6 Å². The number of hydrogen-bond donors (Lipinski definition) is 1. The maximum absolute atomic E-state index is 13.8. The summed E-state index contributed by atoms with van der Waals surface area (Å²) in [5.41, 5.74) is 1.36. The molecule has 0 radical (unpaired) electrons. The highest BCUT2D eigenvalue weighted by Gasteiger charge is 2.16. The van der Waals surface area contributed by atoms with E-state index in [9.17, 15) is 9.18 Å². The molecule has 0 saturated heterocycles. The van der Waals surface area contributed by atoms with E-state index in [0.717, 1.165) is 18.2 Å². The molecule has 0 aliphatic carbocycles. The monoisotopic (exact) mass is 374 g/mol. The highest BCUT2D eigenvalue weighted by atomic mass is 79.9. The summed E-state index contributed by atoms with van der Waals surface area (Å²) in [7, 11) is 0. The van der Waals surface area contributed by atoms with Gasteiger partial charge in [-0.05, 0) is 27.9 Å². The van der Waals surface area contributed by atoms with Crippen molar-refractivity contribution in [3.63, 3.8) is 0 Å². The van der Waals surface area contributed by atoms with Crippen LogP contribution in [0.2, 0.25) is 0 Å². The Labute approximate surface area is 134 Å². The van der Waals surface area contributed by atoms with E-state index in [-0.39, 0.29) is 11.6 Å². The third kappa shape index (κ3) is 3.77. The molecule has 2 aromatic rings. The van der Waals surface area contributed by atoms with Gasteiger partial charge in [-0.15, -0.1) is 0 Å². The molecule has 0 bridgehead atoms. The fourth-order valence-corrected chi connectivity index (χ4v) is 3.03. The lowest BCUT2D eigenvalue weighted by Crippen LogP contribution is -2.09. The second-order valence-corrected chi connectivity index (χ2v) is 6.75. The van der Waals surface area contributed by atoms with Gasteiger partial charge < -0.3 is 9.67 Å². The lowest BCUT2D eigenvalue weighted by Gasteiger charge is -2.13. The summed E-state index contributed by atoms with van der Waals surface area (Å²) < 4.78 is 16.1. The smallest absolute Gasteiger partial charge is 0.313 e. The third-order valence-corrected chi connectivity index (χ3v) is 4.84. The van der Waals surface area contributed by atoms with Gasteiger partial charge in [0.25, 0.3) is 0 Å². The number of carboxylic acids is 1. The fourth-order valence-electron chi connectivity index (χ4n) is 1.95. The summed E-state index contributed by atoms with van der Waals surface area (Å²) in [4.78, 5) is 15.2. The molecule has 21 heavy (non-hydrogen) atoms. The lowest BCUT2D eigenvalue weighted by molar-refractivity contribution is -0.133. The second-order valence-electron chi connectivity index (χ2n) is 4.96. The van der Waals surface area contributed by atoms with Crippen LogP contribution in [0.4, 0.5) is 4.39 Å². The number of carboxylic acid groups (broad SMARTS) is 1. The fraction of sp³-hybridized carbons (Fsp3) is 0.429. The van der Waals surface area contributed by atoms with Crippen molar-refractivity contribution < 1.29 is 14.3 Å². The molecular formula is C14H16BrFN2O2S. The minimum absolute atomic E-state index is 0.0620. The maximum Gasteiger partial charge on any atom is 0.313 e. The first-order valence-electron chi connectivity index (χ1n) is 6.62. The van der Waals surface area contributed by atoms with Crippen LogP contribution < -0.4 is 0 Å². The summed E-state index contributed by atoms with van der Waals surface area (Å²) in [6.07, 6.45) is 0.988. The second kappa shape index (κ2) is 6.79. The van der Waals surface area contributed by atoms with Gasteiger partial charge in [0.2, 0.25) is 0 Å². The van der Waals surface area contributed by atoms with Crippen LogP contribution in [0.1, 0.15) is 20.3 Å². The van der Waals surface area contributed by atoms with Crippen molar-refractivity contribution >= 4 is 44.7 Å². The van der Waals surface area contributed by atoms with Crippen LogP contribution in [0.5, 0.6) is 0 Å². The molecule has 1 N–H and O–H groups in total. The van der Waals surface area contributed by atoms with Gasteiger partial charge in [0.1, 0.15) is 5.82 Å². The number of aromatic nitrogens is 2.